The number of carbonyl (C=O) groups excluding carboxylic acids is 1. The third-order valence-corrected chi connectivity index (χ3v) is 3.88. The van der Waals surface area contributed by atoms with Gasteiger partial charge in [0.05, 0.1) is 5.92 Å². The minimum atomic E-state index is -0.0402. The second-order valence-electron chi connectivity index (χ2n) is 4.91. The van der Waals surface area contributed by atoms with Crippen LogP contribution in [0.4, 0.5) is 0 Å². The molecule has 3 atom stereocenters. The first-order valence-corrected chi connectivity index (χ1v) is 5.50. The summed E-state index contributed by atoms with van der Waals surface area (Å²) < 4.78 is 5.30. The highest BCUT2D eigenvalue weighted by molar-refractivity contribution is 5.77. The van der Waals surface area contributed by atoms with Gasteiger partial charge in [0.15, 0.2) is 0 Å². The van der Waals surface area contributed by atoms with Gasteiger partial charge in [-0.3, -0.25) is 4.79 Å². The van der Waals surface area contributed by atoms with Crippen LogP contribution in [-0.4, -0.2) is 5.97 Å². The predicted molar refractivity (Wildman–Crippen MR) is 54.5 cm³/mol. The van der Waals surface area contributed by atoms with Crippen molar-refractivity contribution < 1.29 is 9.53 Å². The highest BCUT2D eigenvalue weighted by atomic mass is 16.5. The zero-order valence-electron chi connectivity index (χ0n) is 9.17. The predicted octanol–water partition coefficient (Wildman–Crippen LogP) is 2.89. The first-order chi connectivity index (χ1) is 6.56. The Morgan fingerprint density at radius 2 is 2.36 bits per heavy atom. The maximum atomic E-state index is 11.4. The van der Waals surface area contributed by atoms with E-state index in [0.717, 1.165) is 18.6 Å². The largest absolute Gasteiger partial charge is 0.431 e. The van der Waals surface area contributed by atoms with Crippen molar-refractivity contribution in [2.75, 3.05) is 0 Å². The Balaban J connectivity index is 2.27. The number of hydrogen-bond donors (Lipinski definition) is 0. The summed E-state index contributed by atoms with van der Waals surface area (Å²) >= 11 is 0. The van der Waals surface area contributed by atoms with Crippen molar-refractivity contribution in [3.05, 3.63) is 11.8 Å². The summed E-state index contributed by atoms with van der Waals surface area (Å²) in [4.78, 5) is 11.4. The Morgan fingerprint density at radius 1 is 1.64 bits per heavy atom. The van der Waals surface area contributed by atoms with Crippen LogP contribution in [0.1, 0.15) is 40.0 Å². The molecule has 14 heavy (non-hydrogen) atoms. The Hall–Kier alpha value is -0.790. The Labute approximate surface area is 85.3 Å². The number of fused-ring (bicyclic) bond motifs is 1. The number of ether oxygens (including phenoxy) is 1. The Bertz CT molecular complexity index is 293. The molecule has 0 amide bonds. The smallest absolute Gasteiger partial charge is 0.314 e. The molecule has 1 aliphatic carbocycles. The first kappa shape index (κ1) is 9.75. The van der Waals surface area contributed by atoms with Gasteiger partial charge >= 0.3 is 5.97 Å². The summed E-state index contributed by atoms with van der Waals surface area (Å²) in [7, 11) is 0. The van der Waals surface area contributed by atoms with Gasteiger partial charge in [-0.05, 0) is 30.8 Å². The molecule has 0 radical (unpaired) electrons. The van der Waals surface area contributed by atoms with Crippen molar-refractivity contribution in [2.24, 2.45) is 17.3 Å². The molecule has 2 heteroatoms. The van der Waals surface area contributed by atoms with Crippen molar-refractivity contribution in [1.82, 2.24) is 0 Å². The molecule has 2 rings (SSSR count). The summed E-state index contributed by atoms with van der Waals surface area (Å²) in [6.45, 7) is 6.41. The molecule has 0 aromatic carbocycles. The second-order valence-corrected chi connectivity index (χ2v) is 4.91. The van der Waals surface area contributed by atoms with E-state index in [1.165, 1.54) is 6.42 Å². The van der Waals surface area contributed by atoms with Crippen LogP contribution in [0.5, 0.6) is 0 Å². The van der Waals surface area contributed by atoms with E-state index in [1.54, 1.807) is 0 Å². The lowest BCUT2D eigenvalue weighted by atomic mass is 9.73. The summed E-state index contributed by atoms with van der Waals surface area (Å²) in [6, 6.07) is 0. The van der Waals surface area contributed by atoms with E-state index in [-0.39, 0.29) is 17.3 Å². The number of rotatable bonds is 1. The molecule has 1 saturated heterocycles. The third kappa shape index (κ3) is 1.37. The summed E-state index contributed by atoms with van der Waals surface area (Å²) in [6.07, 6.45) is 5.58. The molecule has 2 nitrogen and oxygen atoms in total. The van der Waals surface area contributed by atoms with Gasteiger partial charge in [-0.2, -0.15) is 0 Å². The average Bonchev–Trinajstić information content (AvgIpc) is 2.42. The van der Waals surface area contributed by atoms with Crippen molar-refractivity contribution >= 4 is 5.97 Å². The minimum Gasteiger partial charge on any atom is -0.431 e. The molecule has 0 bridgehead atoms. The van der Waals surface area contributed by atoms with Crippen LogP contribution < -0.4 is 0 Å². The molecule has 0 saturated carbocycles. The molecular formula is C12H18O2. The van der Waals surface area contributed by atoms with Crippen molar-refractivity contribution in [1.29, 1.82) is 0 Å². The lowest BCUT2D eigenvalue weighted by Gasteiger charge is -2.31. The van der Waals surface area contributed by atoms with Crippen LogP contribution in [0.15, 0.2) is 11.8 Å². The van der Waals surface area contributed by atoms with Crippen LogP contribution in [-0.2, 0) is 9.53 Å². The fraction of sp³-hybridized carbons (Fsp3) is 0.750. The fourth-order valence-corrected chi connectivity index (χ4v) is 2.40. The summed E-state index contributed by atoms with van der Waals surface area (Å²) in [5, 5.41) is 0. The van der Waals surface area contributed by atoms with Gasteiger partial charge in [0.25, 0.3) is 0 Å². The lowest BCUT2D eigenvalue weighted by Crippen LogP contribution is -2.22. The first-order valence-electron chi connectivity index (χ1n) is 5.50. The average molecular weight is 194 g/mol. The topological polar surface area (TPSA) is 26.3 Å². The van der Waals surface area contributed by atoms with Gasteiger partial charge in [0.1, 0.15) is 5.76 Å². The number of allylic oxidation sites excluding steroid dienone is 2. The molecule has 0 aromatic rings. The van der Waals surface area contributed by atoms with E-state index in [4.69, 9.17) is 4.74 Å². The maximum Gasteiger partial charge on any atom is 0.314 e. The Kier molecular flexibility index (Phi) is 2.17. The van der Waals surface area contributed by atoms with Gasteiger partial charge < -0.3 is 4.74 Å². The lowest BCUT2D eigenvalue weighted by molar-refractivity contribution is -0.138. The van der Waals surface area contributed by atoms with E-state index in [0.29, 0.717) is 5.92 Å². The number of esters is 1. The molecule has 0 aromatic heterocycles. The molecular weight excluding hydrogens is 176 g/mol. The quantitative estimate of drug-likeness (QED) is 0.600. The van der Waals surface area contributed by atoms with Crippen molar-refractivity contribution in [3.63, 3.8) is 0 Å². The molecule has 0 N–H and O–H groups in total. The monoisotopic (exact) mass is 194 g/mol. The van der Waals surface area contributed by atoms with E-state index < -0.39 is 0 Å². The van der Waals surface area contributed by atoms with E-state index in [1.807, 2.05) is 6.92 Å². The van der Waals surface area contributed by atoms with E-state index in [9.17, 15) is 4.79 Å². The highest BCUT2D eigenvalue weighted by Crippen LogP contribution is 2.45. The third-order valence-electron chi connectivity index (χ3n) is 3.88. The van der Waals surface area contributed by atoms with Crippen molar-refractivity contribution in [2.45, 2.75) is 40.0 Å². The van der Waals surface area contributed by atoms with Crippen molar-refractivity contribution in [3.8, 4) is 0 Å². The van der Waals surface area contributed by atoms with Gasteiger partial charge in [-0.15, -0.1) is 0 Å². The molecule has 1 fully saturated rings. The van der Waals surface area contributed by atoms with Gasteiger partial charge in [0, 0.05) is 5.92 Å². The zero-order valence-corrected chi connectivity index (χ0v) is 9.17. The van der Waals surface area contributed by atoms with Crippen LogP contribution in [0.3, 0.4) is 0 Å². The molecule has 2 aliphatic rings. The van der Waals surface area contributed by atoms with E-state index >= 15 is 0 Å². The fourth-order valence-electron chi connectivity index (χ4n) is 2.40. The van der Waals surface area contributed by atoms with Gasteiger partial charge in [-0.1, -0.05) is 20.8 Å². The van der Waals surface area contributed by atoms with Gasteiger partial charge in [0.2, 0.25) is 0 Å². The maximum absolute atomic E-state index is 11.4. The molecule has 1 aliphatic heterocycles. The SMILES string of the molecule is CCC1(C)C=C2OC(=O)C(C)C2CC1. The molecule has 3 unspecified atom stereocenters. The second kappa shape index (κ2) is 3.11. The number of carbonyl (C=O) groups is 1. The van der Waals surface area contributed by atoms with Crippen LogP contribution in [0.2, 0.25) is 0 Å². The Morgan fingerprint density at radius 3 is 3.00 bits per heavy atom. The molecule has 78 valence electrons. The van der Waals surface area contributed by atoms with Crippen LogP contribution in [0, 0.1) is 17.3 Å². The zero-order chi connectivity index (χ0) is 10.3. The van der Waals surface area contributed by atoms with Crippen LogP contribution >= 0.6 is 0 Å². The standard InChI is InChI=1S/C12H18O2/c1-4-12(3)6-5-9-8(2)11(13)14-10(9)7-12/h7-9H,4-6H2,1-3H3. The van der Waals surface area contributed by atoms with Crippen LogP contribution in [0.25, 0.3) is 0 Å². The highest BCUT2D eigenvalue weighted by Gasteiger charge is 2.42. The minimum absolute atomic E-state index is 0.0402. The number of hydrogen-bond acceptors (Lipinski definition) is 2. The molecule has 0 spiro atoms. The summed E-state index contributed by atoms with van der Waals surface area (Å²) in [5.41, 5.74) is 0.246. The van der Waals surface area contributed by atoms with E-state index in [2.05, 4.69) is 19.9 Å². The molecule has 1 heterocycles. The normalized spacial score (nSPS) is 41.6. The summed E-state index contributed by atoms with van der Waals surface area (Å²) in [5.74, 6) is 1.34. The van der Waals surface area contributed by atoms with Gasteiger partial charge in [-0.25, -0.2) is 0 Å².